The average molecular weight is 524 g/mol. The molecule has 0 aromatic heterocycles. The number of methoxy groups -OCH3 is 1. The Morgan fingerprint density at radius 2 is 1.76 bits per heavy atom. The Hall–Kier alpha value is -3.03. The Kier molecular flexibility index (Phi) is 7.20. The lowest BCUT2D eigenvalue weighted by Crippen LogP contribution is -2.27. The Balaban J connectivity index is 1.51. The van der Waals surface area contributed by atoms with Crippen molar-refractivity contribution in [2.24, 2.45) is 0 Å². The molecule has 7 heteroatoms. The van der Waals surface area contributed by atoms with Crippen LogP contribution in [0.3, 0.4) is 0 Å². The third kappa shape index (κ3) is 5.67. The molecule has 3 aromatic rings. The maximum Gasteiger partial charge on any atom is 0.293 e. The molecular formula is C26H22BrNO4S. The predicted molar refractivity (Wildman–Crippen MR) is 134 cm³/mol. The van der Waals surface area contributed by atoms with E-state index in [4.69, 9.17) is 9.47 Å². The fraction of sp³-hybridized carbons (Fsp3) is 0.154. The highest BCUT2D eigenvalue weighted by Gasteiger charge is 2.35. The van der Waals surface area contributed by atoms with Gasteiger partial charge in [0, 0.05) is 4.47 Å². The molecule has 1 aliphatic heterocycles. The molecule has 168 valence electrons. The lowest BCUT2D eigenvalue weighted by atomic mass is 10.1. The van der Waals surface area contributed by atoms with E-state index in [1.54, 1.807) is 19.3 Å². The summed E-state index contributed by atoms with van der Waals surface area (Å²) in [6.07, 6.45) is 1.72. The summed E-state index contributed by atoms with van der Waals surface area (Å²) in [5.41, 5.74) is 3.78. The Morgan fingerprint density at radius 1 is 0.970 bits per heavy atom. The number of thioether (sulfide) groups is 1. The van der Waals surface area contributed by atoms with Crippen molar-refractivity contribution < 1.29 is 19.1 Å². The molecule has 0 radical (unpaired) electrons. The molecule has 0 atom stereocenters. The van der Waals surface area contributed by atoms with Crippen LogP contribution in [-0.2, 0) is 17.9 Å². The number of halogens is 1. The number of benzene rings is 3. The van der Waals surface area contributed by atoms with Crippen LogP contribution in [0.5, 0.6) is 11.5 Å². The number of nitrogens with zero attached hydrogens (tertiary/aromatic N) is 1. The molecule has 0 N–H and O–H groups in total. The van der Waals surface area contributed by atoms with Crippen molar-refractivity contribution in [1.82, 2.24) is 4.90 Å². The monoisotopic (exact) mass is 523 g/mol. The van der Waals surface area contributed by atoms with E-state index < -0.39 is 0 Å². The largest absolute Gasteiger partial charge is 0.493 e. The quantitative estimate of drug-likeness (QED) is 0.327. The second-order valence-corrected chi connectivity index (χ2v) is 9.49. The number of ether oxygens (including phenoxy) is 2. The molecule has 0 saturated carbocycles. The zero-order chi connectivity index (χ0) is 23.4. The van der Waals surface area contributed by atoms with Crippen molar-refractivity contribution in [3.8, 4) is 11.5 Å². The summed E-state index contributed by atoms with van der Waals surface area (Å²) in [5, 5.41) is -0.270. The van der Waals surface area contributed by atoms with E-state index in [2.05, 4.69) is 15.9 Å². The number of aryl methyl sites for hydroxylation is 1. The summed E-state index contributed by atoms with van der Waals surface area (Å²) in [5.74, 6) is 0.865. The number of amides is 2. The minimum absolute atomic E-state index is 0.258. The minimum atomic E-state index is -0.292. The number of carbonyl (C=O) groups is 2. The van der Waals surface area contributed by atoms with Gasteiger partial charge in [-0.3, -0.25) is 14.5 Å². The second-order valence-electron chi connectivity index (χ2n) is 7.58. The van der Waals surface area contributed by atoms with E-state index in [9.17, 15) is 9.59 Å². The zero-order valence-corrected chi connectivity index (χ0v) is 20.6. The Bertz CT molecular complexity index is 1220. The van der Waals surface area contributed by atoms with Crippen LogP contribution in [0.25, 0.3) is 6.08 Å². The van der Waals surface area contributed by atoms with Gasteiger partial charge in [-0.1, -0.05) is 64.0 Å². The van der Waals surface area contributed by atoms with Gasteiger partial charge in [0.15, 0.2) is 11.5 Å². The third-order valence-corrected chi connectivity index (χ3v) is 6.53. The number of carbonyl (C=O) groups excluding carboxylic acids is 2. The number of hydrogen-bond acceptors (Lipinski definition) is 5. The molecule has 5 nitrogen and oxygen atoms in total. The summed E-state index contributed by atoms with van der Waals surface area (Å²) in [6.45, 7) is 2.62. The number of hydrogen-bond donors (Lipinski definition) is 0. The highest BCUT2D eigenvalue weighted by molar-refractivity contribution is 9.10. The molecule has 0 spiro atoms. The van der Waals surface area contributed by atoms with E-state index >= 15 is 0 Å². The molecule has 1 aliphatic rings. The number of imide groups is 1. The van der Waals surface area contributed by atoms with Crippen LogP contribution in [0.1, 0.15) is 22.3 Å². The third-order valence-electron chi connectivity index (χ3n) is 5.09. The van der Waals surface area contributed by atoms with Crippen LogP contribution in [0, 0.1) is 6.92 Å². The molecule has 4 rings (SSSR count). The van der Waals surface area contributed by atoms with Crippen LogP contribution in [-0.4, -0.2) is 23.2 Å². The van der Waals surface area contributed by atoms with Crippen LogP contribution >= 0.6 is 27.7 Å². The summed E-state index contributed by atoms with van der Waals surface area (Å²) in [4.78, 5) is 27.1. The van der Waals surface area contributed by atoms with Gasteiger partial charge in [0.1, 0.15) is 6.61 Å². The lowest BCUT2D eigenvalue weighted by Gasteiger charge is -2.13. The van der Waals surface area contributed by atoms with Crippen molar-refractivity contribution in [3.05, 3.63) is 98.4 Å². The summed E-state index contributed by atoms with van der Waals surface area (Å²) in [6, 6.07) is 21.1. The molecule has 0 aliphatic carbocycles. The molecule has 1 fully saturated rings. The molecule has 0 bridgehead atoms. The Morgan fingerprint density at radius 3 is 2.48 bits per heavy atom. The van der Waals surface area contributed by atoms with Crippen molar-refractivity contribution in [1.29, 1.82) is 0 Å². The van der Waals surface area contributed by atoms with Gasteiger partial charge in [0.2, 0.25) is 0 Å². The molecule has 0 unspecified atom stereocenters. The van der Waals surface area contributed by atoms with E-state index in [0.29, 0.717) is 23.0 Å². The molecule has 1 heterocycles. The summed E-state index contributed by atoms with van der Waals surface area (Å²) < 4.78 is 12.4. The highest BCUT2D eigenvalue weighted by atomic mass is 79.9. The number of rotatable bonds is 7. The van der Waals surface area contributed by atoms with Gasteiger partial charge in [0.05, 0.1) is 18.6 Å². The minimum Gasteiger partial charge on any atom is -0.493 e. The zero-order valence-electron chi connectivity index (χ0n) is 18.2. The van der Waals surface area contributed by atoms with Gasteiger partial charge in [-0.05, 0) is 65.7 Å². The van der Waals surface area contributed by atoms with E-state index in [1.165, 1.54) is 4.90 Å². The molecule has 3 aromatic carbocycles. The first kappa shape index (κ1) is 23.1. The topological polar surface area (TPSA) is 55.8 Å². The average Bonchev–Trinajstić information content (AvgIpc) is 3.06. The lowest BCUT2D eigenvalue weighted by molar-refractivity contribution is -0.123. The van der Waals surface area contributed by atoms with Crippen molar-refractivity contribution >= 4 is 44.9 Å². The van der Waals surface area contributed by atoms with Crippen molar-refractivity contribution in [2.75, 3.05) is 7.11 Å². The molecule has 2 amide bonds. The molecule has 1 saturated heterocycles. The standard InChI is InChI=1S/C26H22BrNO4S/c1-17-4-3-5-20(12-17)15-28-25(29)24(33-26(28)30)14-19-8-11-22(31-2)23(13-19)32-16-18-6-9-21(27)10-7-18/h3-14H,15-16H2,1-2H3/b24-14-. The van der Waals surface area contributed by atoms with Gasteiger partial charge in [0.25, 0.3) is 11.1 Å². The Labute approximate surface area is 205 Å². The second kappa shape index (κ2) is 10.3. The smallest absolute Gasteiger partial charge is 0.293 e. The van der Waals surface area contributed by atoms with E-state index in [0.717, 1.165) is 38.5 Å². The van der Waals surface area contributed by atoms with Gasteiger partial charge in [-0.15, -0.1) is 0 Å². The van der Waals surface area contributed by atoms with Crippen molar-refractivity contribution in [3.63, 3.8) is 0 Å². The van der Waals surface area contributed by atoms with E-state index in [1.807, 2.05) is 67.6 Å². The van der Waals surface area contributed by atoms with Crippen LogP contribution in [0.15, 0.2) is 76.1 Å². The SMILES string of the molecule is COc1ccc(/C=C2\SC(=O)N(Cc3cccc(C)c3)C2=O)cc1OCc1ccc(Br)cc1. The van der Waals surface area contributed by atoms with Crippen LogP contribution in [0.4, 0.5) is 4.79 Å². The molecule has 33 heavy (non-hydrogen) atoms. The van der Waals surface area contributed by atoms with Gasteiger partial charge in [-0.25, -0.2) is 0 Å². The maximum absolute atomic E-state index is 12.9. The molecular weight excluding hydrogens is 502 g/mol. The highest BCUT2D eigenvalue weighted by Crippen LogP contribution is 2.35. The van der Waals surface area contributed by atoms with E-state index in [-0.39, 0.29) is 17.7 Å². The summed E-state index contributed by atoms with van der Waals surface area (Å²) in [7, 11) is 1.58. The normalized spacial score (nSPS) is 14.8. The predicted octanol–water partition coefficient (Wildman–Crippen LogP) is 6.58. The first-order chi connectivity index (χ1) is 15.9. The van der Waals surface area contributed by atoms with Gasteiger partial charge >= 0.3 is 0 Å². The van der Waals surface area contributed by atoms with Gasteiger partial charge < -0.3 is 9.47 Å². The van der Waals surface area contributed by atoms with Gasteiger partial charge in [-0.2, -0.15) is 0 Å². The fourth-order valence-electron chi connectivity index (χ4n) is 3.42. The maximum atomic E-state index is 12.9. The first-order valence-electron chi connectivity index (χ1n) is 10.3. The van der Waals surface area contributed by atoms with Crippen LogP contribution in [0.2, 0.25) is 0 Å². The van der Waals surface area contributed by atoms with Crippen LogP contribution < -0.4 is 9.47 Å². The first-order valence-corrected chi connectivity index (χ1v) is 11.9. The summed E-state index contributed by atoms with van der Waals surface area (Å²) >= 11 is 4.38. The van der Waals surface area contributed by atoms with Crippen molar-refractivity contribution in [2.45, 2.75) is 20.1 Å². The fourth-order valence-corrected chi connectivity index (χ4v) is 4.52.